The van der Waals surface area contributed by atoms with Gasteiger partial charge >= 0.3 is 12.1 Å². The highest BCUT2D eigenvalue weighted by molar-refractivity contribution is 6.21. The third kappa shape index (κ3) is 15.0. The van der Waals surface area contributed by atoms with Gasteiger partial charge in [-0.05, 0) is 50.6 Å². The molecule has 18 nitrogen and oxygen atoms in total. The molecule has 0 radical (unpaired) electrons. The molecule has 3 N–H and O–H groups in total. The minimum Gasteiger partial charge on any atom is -0.487 e. The normalized spacial score (nSPS) is 13.0. The summed E-state index contributed by atoms with van der Waals surface area (Å²) in [4.78, 5) is 61.9. The highest BCUT2D eigenvalue weighted by Crippen LogP contribution is 2.22. The first-order valence-electron chi connectivity index (χ1n) is 18.3. The number of nitrogens with zero attached hydrogens (tertiary/aromatic N) is 4. The quantitative estimate of drug-likeness (QED) is 0.0830. The molecule has 1 aliphatic rings. The van der Waals surface area contributed by atoms with Gasteiger partial charge in [-0.1, -0.05) is 29.5 Å². The molecule has 1 aromatic heterocycles. The fraction of sp³-hybridized carbons (Fsp3) is 0.500. The molecule has 1 aliphatic heterocycles. The maximum Gasteiger partial charge on any atom is 0.407 e. The van der Waals surface area contributed by atoms with E-state index in [9.17, 15) is 29.1 Å². The van der Waals surface area contributed by atoms with Crippen LogP contribution in [0.2, 0.25) is 0 Å². The minimum atomic E-state index is -1.16. The van der Waals surface area contributed by atoms with E-state index >= 15 is 0 Å². The van der Waals surface area contributed by atoms with Crippen molar-refractivity contribution in [2.45, 2.75) is 58.4 Å². The fourth-order valence-corrected chi connectivity index (χ4v) is 5.21. The highest BCUT2D eigenvalue weighted by Gasteiger charge is 2.34. The molecule has 4 amide bonds. The first-order chi connectivity index (χ1) is 26.9. The van der Waals surface area contributed by atoms with Gasteiger partial charge in [0, 0.05) is 19.4 Å². The van der Waals surface area contributed by atoms with Crippen LogP contribution in [0.1, 0.15) is 59.2 Å². The van der Waals surface area contributed by atoms with Crippen molar-refractivity contribution in [2.75, 3.05) is 65.9 Å². The van der Waals surface area contributed by atoms with Crippen LogP contribution in [-0.2, 0) is 52.8 Å². The van der Waals surface area contributed by atoms with Gasteiger partial charge < -0.3 is 44.2 Å². The Morgan fingerprint density at radius 1 is 0.804 bits per heavy atom. The van der Waals surface area contributed by atoms with Crippen LogP contribution in [0.5, 0.6) is 5.75 Å². The van der Waals surface area contributed by atoms with Gasteiger partial charge in [0.2, 0.25) is 5.91 Å². The molecule has 18 heteroatoms. The smallest absolute Gasteiger partial charge is 0.407 e. The molecule has 4 rings (SSSR count). The van der Waals surface area contributed by atoms with Crippen LogP contribution < -0.4 is 15.4 Å². The summed E-state index contributed by atoms with van der Waals surface area (Å²) in [6, 6.07) is 12.4. The van der Waals surface area contributed by atoms with E-state index in [0.717, 1.165) is 0 Å². The van der Waals surface area contributed by atoms with Crippen molar-refractivity contribution >= 4 is 29.8 Å². The van der Waals surface area contributed by atoms with Crippen molar-refractivity contribution in [2.24, 2.45) is 0 Å². The standard InChI is InChI=1S/C38H50N6O12/c1-38(2,3)56-37(50)39-13-14-43-25-28(41-42-43)26-55-29-10-8-27(9-11-29)24-32(36(48)49)40-33(45)12-16-51-18-20-53-22-23-54-21-19-52-17-15-44-34(46)30-6-4-5-7-31(30)35(44)47/h4-11,25,32H,12-24,26H2,1-3H3,(H,39,50)(H,40,45)(H,48,49)/t32-/m0/s1. The molecule has 1 atom stereocenters. The molecule has 304 valence electrons. The van der Waals surface area contributed by atoms with E-state index in [4.69, 9.17) is 28.4 Å². The lowest BCUT2D eigenvalue weighted by Crippen LogP contribution is -2.42. The number of imide groups is 1. The van der Waals surface area contributed by atoms with Crippen molar-refractivity contribution in [3.05, 3.63) is 77.1 Å². The third-order valence-corrected chi connectivity index (χ3v) is 7.91. The van der Waals surface area contributed by atoms with Crippen LogP contribution >= 0.6 is 0 Å². The first-order valence-corrected chi connectivity index (χ1v) is 18.3. The van der Waals surface area contributed by atoms with E-state index in [1.54, 1.807) is 80.2 Å². The van der Waals surface area contributed by atoms with Gasteiger partial charge in [0.15, 0.2) is 0 Å². The van der Waals surface area contributed by atoms with Gasteiger partial charge in [-0.2, -0.15) is 0 Å². The Hall–Kier alpha value is -5.43. The molecule has 0 fully saturated rings. The van der Waals surface area contributed by atoms with Crippen molar-refractivity contribution in [3.8, 4) is 5.75 Å². The molecular weight excluding hydrogens is 732 g/mol. The van der Waals surface area contributed by atoms with Crippen molar-refractivity contribution < 1.29 is 57.5 Å². The average molecular weight is 783 g/mol. The first kappa shape index (κ1) is 43.3. The summed E-state index contributed by atoms with van der Waals surface area (Å²) in [5.74, 6) is -1.70. The number of ether oxygens (including phenoxy) is 6. The Bertz CT molecular complexity index is 1710. The van der Waals surface area contributed by atoms with E-state index in [1.807, 2.05) is 0 Å². The SMILES string of the molecule is CC(C)(C)OC(=O)NCCn1cc(COc2ccc(C[C@H](NC(=O)CCOCCOCCOCCOCCN3C(=O)c4ccccc4C3=O)C(=O)O)cc2)nn1. The third-order valence-electron chi connectivity index (χ3n) is 7.91. The second kappa shape index (κ2) is 22.2. The zero-order valence-corrected chi connectivity index (χ0v) is 31.9. The number of aliphatic carboxylic acids is 1. The molecule has 56 heavy (non-hydrogen) atoms. The summed E-state index contributed by atoms with van der Waals surface area (Å²) in [6.07, 6.45) is 1.26. The molecule has 0 aliphatic carbocycles. The monoisotopic (exact) mass is 782 g/mol. The van der Waals surface area contributed by atoms with E-state index in [1.165, 1.54) is 4.90 Å². The topological polar surface area (TPSA) is 219 Å². The summed E-state index contributed by atoms with van der Waals surface area (Å²) in [7, 11) is 0. The minimum absolute atomic E-state index is 0.0163. The van der Waals surface area contributed by atoms with Gasteiger partial charge in [-0.15, -0.1) is 5.10 Å². The summed E-state index contributed by atoms with van der Waals surface area (Å²) >= 11 is 0. The number of benzene rings is 2. The Balaban J connectivity index is 0.984. The second-order valence-electron chi connectivity index (χ2n) is 13.5. The van der Waals surface area contributed by atoms with Crippen LogP contribution in [0, 0.1) is 0 Å². The number of carboxylic acids is 1. The average Bonchev–Trinajstić information content (AvgIpc) is 3.71. The number of carbonyl (C=O) groups is 5. The van der Waals surface area contributed by atoms with Crippen molar-refractivity contribution in [3.63, 3.8) is 0 Å². The molecule has 2 aromatic carbocycles. The molecular formula is C38H50N6O12. The fourth-order valence-electron chi connectivity index (χ4n) is 5.21. The number of alkyl carbamates (subject to hydrolysis) is 1. The van der Waals surface area contributed by atoms with Crippen molar-refractivity contribution in [1.29, 1.82) is 0 Å². The predicted molar refractivity (Wildman–Crippen MR) is 198 cm³/mol. The van der Waals surface area contributed by atoms with E-state index in [-0.39, 0.29) is 64.2 Å². The number of fused-ring (bicyclic) bond motifs is 1. The maximum absolute atomic E-state index is 12.4. The number of aromatic nitrogens is 3. The lowest BCUT2D eigenvalue weighted by molar-refractivity contribution is -0.142. The van der Waals surface area contributed by atoms with Crippen molar-refractivity contribution in [1.82, 2.24) is 30.5 Å². The summed E-state index contributed by atoms with van der Waals surface area (Å²) in [5.41, 5.74) is 1.51. The molecule has 0 saturated heterocycles. The second-order valence-corrected chi connectivity index (χ2v) is 13.5. The Morgan fingerprint density at radius 2 is 1.39 bits per heavy atom. The van der Waals surface area contributed by atoms with Gasteiger partial charge in [-0.3, -0.25) is 24.0 Å². The van der Waals surface area contributed by atoms with E-state index in [2.05, 4.69) is 20.9 Å². The van der Waals surface area contributed by atoms with Gasteiger partial charge in [0.05, 0.1) is 83.3 Å². The van der Waals surface area contributed by atoms with Crippen LogP contribution in [0.4, 0.5) is 4.79 Å². The van der Waals surface area contributed by atoms with E-state index in [0.29, 0.717) is 67.7 Å². The zero-order chi connectivity index (χ0) is 40.3. The molecule has 0 spiro atoms. The van der Waals surface area contributed by atoms with Gasteiger partial charge in [0.1, 0.15) is 29.7 Å². The maximum atomic E-state index is 12.4. The lowest BCUT2D eigenvalue weighted by Gasteiger charge is -2.19. The van der Waals surface area contributed by atoms with Crippen LogP contribution in [-0.4, -0.2) is 132 Å². The Labute approximate surface area is 324 Å². The number of carboxylic acid groups (broad SMARTS) is 1. The molecule has 3 aromatic rings. The number of hydrogen-bond acceptors (Lipinski definition) is 13. The van der Waals surface area contributed by atoms with Gasteiger partial charge in [0.25, 0.3) is 11.8 Å². The molecule has 0 bridgehead atoms. The van der Waals surface area contributed by atoms with E-state index < -0.39 is 29.6 Å². The highest BCUT2D eigenvalue weighted by atomic mass is 16.6. The van der Waals surface area contributed by atoms with Crippen LogP contribution in [0.25, 0.3) is 0 Å². The molecule has 2 heterocycles. The zero-order valence-electron chi connectivity index (χ0n) is 31.9. The molecule has 0 saturated carbocycles. The summed E-state index contributed by atoms with van der Waals surface area (Å²) < 4.78 is 34.4. The van der Waals surface area contributed by atoms with Crippen LogP contribution in [0.15, 0.2) is 54.7 Å². The van der Waals surface area contributed by atoms with Gasteiger partial charge in [-0.25, -0.2) is 9.59 Å². The Kier molecular flexibility index (Phi) is 17.2. The predicted octanol–water partition coefficient (Wildman–Crippen LogP) is 2.25. The Morgan fingerprint density at radius 3 is 1.98 bits per heavy atom. The number of nitrogens with one attached hydrogen (secondary N) is 2. The van der Waals surface area contributed by atoms with Crippen LogP contribution in [0.3, 0.4) is 0 Å². The lowest BCUT2D eigenvalue weighted by atomic mass is 10.1. The summed E-state index contributed by atoms with van der Waals surface area (Å²) in [6.45, 7) is 8.51. The summed E-state index contributed by atoms with van der Waals surface area (Å²) in [5, 5.41) is 23.0. The number of amides is 4. The number of rotatable bonds is 25. The number of hydrogen-bond donors (Lipinski definition) is 3. The number of carbonyl (C=O) groups excluding carboxylic acids is 4. The largest absolute Gasteiger partial charge is 0.487 e. The molecule has 0 unspecified atom stereocenters.